The molecule has 2 bridgehead atoms. The lowest BCUT2D eigenvalue weighted by atomic mass is 9.77. The summed E-state index contributed by atoms with van der Waals surface area (Å²) in [5.74, 6) is -1.94. The molecule has 0 aromatic heterocycles. The van der Waals surface area contributed by atoms with Crippen LogP contribution in [-0.4, -0.2) is 35.2 Å². The molecule has 2 fully saturated rings. The summed E-state index contributed by atoms with van der Waals surface area (Å²) in [4.78, 5) is 26.5. The zero-order chi connectivity index (χ0) is 14.8. The molecule has 3 aliphatic heterocycles. The van der Waals surface area contributed by atoms with Gasteiger partial charge in [-0.1, -0.05) is 35.9 Å². The lowest BCUT2D eigenvalue weighted by molar-refractivity contribution is -0.128. The number of carbonyl (C=O) groups is 2. The summed E-state index contributed by atoms with van der Waals surface area (Å²) in [7, 11) is 0. The van der Waals surface area contributed by atoms with E-state index < -0.39 is 23.5 Å². The van der Waals surface area contributed by atoms with E-state index in [9.17, 15) is 14.7 Å². The number of ether oxygens (including phenoxy) is 1. The van der Waals surface area contributed by atoms with Crippen LogP contribution in [-0.2, 0) is 14.3 Å². The molecule has 0 aliphatic carbocycles. The monoisotopic (exact) mass is 305 g/mol. The Morgan fingerprint density at radius 1 is 1.29 bits per heavy atom. The maximum atomic E-state index is 12.7. The molecular formula is C15H12ClNO4. The summed E-state index contributed by atoms with van der Waals surface area (Å²) in [6.45, 7) is -0.323. The lowest BCUT2D eigenvalue weighted by Crippen LogP contribution is -2.43. The normalized spacial score (nSPS) is 36.7. The number of amides is 2. The maximum absolute atomic E-state index is 12.7. The van der Waals surface area contributed by atoms with E-state index >= 15 is 0 Å². The Labute approximate surface area is 125 Å². The van der Waals surface area contributed by atoms with Gasteiger partial charge in [-0.15, -0.1) is 0 Å². The first-order chi connectivity index (χ1) is 10.1. The maximum Gasteiger partial charge on any atom is 0.241 e. The van der Waals surface area contributed by atoms with Crippen molar-refractivity contribution >= 4 is 29.1 Å². The number of aliphatic hydroxyl groups is 1. The fraction of sp³-hybridized carbons (Fsp3) is 0.333. The molecule has 3 aliphatic rings. The Morgan fingerprint density at radius 2 is 2.05 bits per heavy atom. The van der Waals surface area contributed by atoms with Crippen LogP contribution in [0.1, 0.15) is 0 Å². The third-order valence-corrected chi connectivity index (χ3v) is 4.82. The van der Waals surface area contributed by atoms with Crippen LogP contribution in [0.3, 0.4) is 0 Å². The molecule has 4 atom stereocenters. The number of carbonyl (C=O) groups excluding carboxylic acids is 2. The zero-order valence-electron chi connectivity index (χ0n) is 10.9. The van der Waals surface area contributed by atoms with Crippen molar-refractivity contribution in [1.29, 1.82) is 0 Å². The summed E-state index contributed by atoms with van der Waals surface area (Å²) in [6.07, 6.45) is 2.99. The summed E-state index contributed by atoms with van der Waals surface area (Å²) < 4.78 is 5.67. The quantitative estimate of drug-likeness (QED) is 0.657. The van der Waals surface area contributed by atoms with Crippen molar-refractivity contribution in [2.24, 2.45) is 11.8 Å². The number of rotatable bonds is 2. The molecule has 4 rings (SSSR count). The summed E-state index contributed by atoms with van der Waals surface area (Å²) in [6, 6.07) is 6.74. The van der Waals surface area contributed by atoms with Crippen LogP contribution in [0.5, 0.6) is 0 Å². The van der Waals surface area contributed by atoms with Crippen LogP contribution in [0.15, 0.2) is 36.4 Å². The minimum Gasteiger partial charge on any atom is -0.393 e. The van der Waals surface area contributed by atoms with E-state index in [0.717, 1.165) is 4.90 Å². The van der Waals surface area contributed by atoms with E-state index in [-0.39, 0.29) is 18.4 Å². The van der Waals surface area contributed by atoms with Gasteiger partial charge in [-0.3, -0.25) is 9.59 Å². The Morgan fingerprint density at radius 3 is 2.76 bits per heavy atom. The van der Waals surface area contributed by atoms with Crippen molar-refractivity contribution in [1.82, 2.24) is 0 Å². The van der Waals surface area contributed by atoms with E-state index in [1.165, 1.54) is 0 Å². The summed E-state index contributed by atoms with van der Waals surface area (Å²) in [5.41, 5.74) is -0.686. The Hall–Kier alpha value is -1.69. The third-order valence-electron chi connectivity index (χ3n) is 4.50. The fourth-order valence-corrected chi connectivity index (χ4v) is 3.77. The average molecular weight is 306 g/mol. The highest BCUT2D eigenvalue weighted by Gasteiger charge is 2.67. The second-order valence-electron chi connectivity index (χ2n) is 5.52. The minimum atomic E-state index is -1.07. The predicted octanol–water partition coefficient (Wildman–Crippen LogP) is 1.15. The number of para-hydroxylation sites is 1. The lowest BCUT2D eigenvalue weighted by Gasteiger charge is -2.26. The summed E-state index contributed by atoms with van der Waals surface area (Å²) >= 11 is 6.11. The van der Waals surface area contributed by atoms with Crippen molar-refractivity contribution in [2.75, 3.05) is 11.5 Å². The van der Waals surface area contributed by atoms with Gasteiger partial charge in [-0.2, -0.15) is 0 Å². The molecule has 2 amide bonds. The second-order valence-corrected chi connectivity index (χ2v) is 5.93. The molecule has 1 aromatic carbocycles. The fourth-order valence-electron chi connectivity index (χ4n) is 3.55. The van der Waals surface area contributed by atoms with Crippen LogP contribution in [0, 0.1) is 11.8 Å². The molecule has 0 unspecified atom stereocenters. The van der Waals surface area contributed by atoms with E-state index in [1.54, 1.807) is 36.4 Å². The number of hydrogen-bond donors (Lipinski definition) is 1. The molecule has 1 aromatic rings. The van der Waals surface area contributed by atoms with Crippen molar-refractivity contribution in [2.45, 2.75) is 11.7 Å². The van der Waals surface area contributed by atoms with Gasteiger partial charge in [0.2, 0.25) is 11.8 Å². The van der Waals surface area contributed by atoms with Crippen molar-refractivity contribution in [3.63, 3.8) is 0 Å². The largest absolute Gasteiger partial charge is 0.393 e. The van der Waals surface area contributed by atoms with Gasteiger partial charge in [0, 0.05) is 0 Å². The van der Waals surface area contributed by atoms with Gasteiger partial charge < -0.3 is 9.84 Å². The number of nitrogens with zero attached hydrogens (tertiary/aromatic N) is 1. The van der Waals surface area contributed by atoms with Gasteiger partial charge >= 0.3 is 0 Å². The van der Waals surface area contributed by atoms with Crippen molar-refractivity contribution in [3.8, 4) is 0 Å². The highest BCUT2D eigenvalue weighted by molar-refractivity contribution is 6.36. The highest BCUT2D eigenvalue weighted by Crippen LogP contribution is 2.52. The van der Waals surface area contributed by atoms with Crippen LogP contribution in [0.25, 0.3) is 0 Å². The Kier molecular flexibility index (Phi) is 2.58. The van der Waals surface area contributed by atoms with E-state index in [0.29, 0.717) is 10.7 Å². The standard InChI is InChI=1S/C15H12ClNO4/c16-8-3-1-2-4-9(8)17-13(19)11-10-5-6-15(7-18,21-10)12(11)14(17)20/h1-6,10-12,18H,7H2/t10-,11+,12+,15+/m1/s1. The molecule has 21 heavy (non-hydrogen) atoms. The number of imide groups is 1. The Balaban J connectivity index is 1.81. The average Bonchev–Trinajstić information content (AvgIpc) is 3.12. The molecule has 2 saturated heterocycles. The number of hydrogen-bond acceptors (Lipinski definition) is 4. The number of fused-ring (bicyclic) bond motifs is 5. The first-order valence-electron chi connectivity index (χ1n) is 6.69. The highest BCUT2D eigenvalue weighted by atomic mass is 35.5. The molecule has 1 N–H and O–H groups in total. The number of halogens is 1. The number of benzene rings is 1. The van der Waals surface area contributed by atoms with Gasteiger partial charge in [0.15, 0.2) is 0 Å². The number of aliphatic hydroxyl groups excluding tert-OH is 1. The van der Waals surface area contributed by atoms with E-state index in [1.807, 2.05) is 0 Å². The zero-order valence-corrected chi connectivity index (χ0v) is 11.7. The van der Waals surface area contributed by atoms with Crippen molar-refractivity contribution in [3.05, 3.63) is 41.4 Å². The topological polar surface area (TPSA) is 66.8 Å². The van der Waals surface area contributed by atoms with Gasteiger partial charge in [0.25, 0.3) is 0 Å². The smallest absolute Gasteiger partial charge is 0.241 e. The van der Waals surface area contributed by atoms with Gasteiger partial charge in [0.05, 0.1) is 35.3 Å². The molecule has 6 heteroatoms. The SMILES string of the molecule is O=C1[C@@H]2[C@@H](C(=O)N1c1ccccc1Cl)[C@@]1(CO)C=C[C@H]2O1. The molecule has 108 valence electrons. The minimum absolute atomic E-state index is 0.317. The van der Waals surface area contributed by atoms with Crippen molar-refractivity contribution < 1.29 is 19.4 Å². The van der Waals surface area contributed by atoms with Crippen LogP contribution in [0.2, 0.25) is 5.02 Å². The second kappa shape index (κ2) is 4.16. The van der Waals surface area contributed by atoms with Gasteiger partial charge in [-0.25, -0.2) is 4.90 Å². The van der Waals surface area contributed by atoms with Crippen LogP contribution >= 0.6 is 11.6 Å². The Bertz CT molecular complexity index is 688. The van der Waals surface area contributed by atoms with Crippen LogP contribution in [0.4, 0.5) is 5.69 Å². The molecule has 0 radical (unpaired) electrons. The molecular weight excluding hydrogens is 294 g/mol. The van der Waals surface area contributed by atoms with E-state index in [4.69, 9.17) is 16.3 Å². The number of anilines is 1. The molecule has 3 heterocycles. The van der Waals surface area contributed by atoms with Crippen LogP contribution < -0.4 is 4.90 Å². The van der Waals surface area contributed by atoms with Gasteiger partial charge in [0.1, 0.15) is 5.60 Å². The van der Waals surface area contributed by atoms with Gasteiger partial charge in [-0.05, 0) is 12.1 Å². The molecule has 0 spiro atoms. The summed E-state index contributed by atoms with van der Waals surface area (Å²) in [5, 5.41) is 9.97. The molecule has 0 saturated carbocycles. The predicted molar refractivity (Wildman–Crippen MR) is 74.8 cm³/mol. The first kappa shape index (κ1) is 13.0. The molecule has 5 nitrogen and oxygen atoms in total. The first-order valence-corrected chi connectivity index (χ1v) is 7.07. The van der Waals surface area contributed by atoms with E-state index in [2.05, 4.69) is 0 Å². The third kappa shape index (κ3) is 1.48.